The molecule has 114 valence electrons. The molecule has 3 rings (SSSR count). The fourth-order valence-electron chi connectivity index (χ4n) is 2.47. The second-order valence-electron chi connectivity index (χ2n) is 5.18. The molecule has 0 aliphatic rings. The lowest BCUT2D eigenvalue weighted by atomic mass is 10.0. The molecule has 2 heterocycles. The third-order valence-corrected chi connectivity index (χ3v) is 3.59. The number of aryl methyl sites for hydroxylation is 3. The Morgan fingerprint density at radius 1 is 1.27 bits per heavy atom. The predicted molar refractivity (Wildman–Crippen MR) is 78.7 cm³/mol. The van der Waals surface area contributed by atoms with E-state index in [1.165, 1.54) is 0 Å². The molecule has 0 radical (unpaired) electrons. The van der Waals surface area contributed by atoms with Crippen LogP contribution in [-0.4, -0.2) is 16.0 Å². The Hall–Kier alpha value is -2.83. The van der Waals surface area contributed by atoms with Crippen LogP contribution in [0, 0.1) is 20.8 Å². The normalized spacial score (nSPS) is 11.0. The Balaban J connectivity index is 1.91. The van der Waals surface area contributed by atoms with Crippen molar-refractivity contribution in [2.24, 2.45) is 0 Å². The highest BCUT2D eigenvalue weighted by atomic mass is 16.5. The number of furan rings is 1. The highest BCUT2D eigenvalue weighted by Gasteiger charge is 2.20. The van der Waals surface area contributed by atoms with E-state index in [-0.39, 0.29) is 24.0 Å². The topological polar surface area (TPSA) is 101 Å². The number of carbonyl (C=O) groups is 1. The third kappa shape index (κ3) is 2.30. The van der Waals surface area contributed by atoms with E-state index in [2.05, 4.69) is 20.0 Å². The zero-order chi connectivity index (χ0) is 15.9. The van der Waals surface area contributed by atoms with Crippen molar-refractivity contribution in [3.8, 4) is 0 Å². The van der Waals surface area contributed by atoms with Crippen LogP contribution in [0.15, 0.2) is 25.9 Å². The minimum Gasteiger partial charge on any atom is -0.450 e. The summed E-state index contributed by atoms with van der Waals surface area (Å²) in [4.78, 5) is 25.5. The van der Waals surface area contributed by atoms with Gasteiger partial charge in [-0.25, -0.2) is 4.79 Å². The van der Waals surface area contributed by atoms with Gasteiger partial charge in [0, 0.05) is 10.9 Å². The van der Waals surface area contributed by atoms with Crippen molar-refractivity contribution in [3.05, 3.63) is 51.0 Å². The molecule has 0 aliphatic carbocycles. The molecule has 0 atom stereocenters. The van der Waals surface area contributed by atoms with Gasteiger partial charge in [-0.1, -0.05) is 17.3 Å². The van der Waals surface area contributed by atoms with Crippen molar-refractivity contribution in [1.29, 1.82) is 0 Å². The molecule has 0 saturated heterocycles. The van der Waals surface area contributed by atoms with Gasteiger partial charge in [0.2, 0.25) is 0 Å². The van der Waals surface area contributed by atoms with Crippen LogP contribution < -0.4 is 11.1 Å². The van der Waals surface area contributed by atoms with Crippen LogP contribution in [0.3, 0.4) is 0 Å². The van der Waals surface area contributed by atoms with E-state index in [1.807, 2.05) is 32.9 Å². The molecule has 0 spiro atoms. The average molecular weight is 301 g/mol. The Kier molecular flexibility index (Phi) is 3.32. The molecule has 2 N–H and O–H groups in total. The number of benzene rings is 1. The van der Waals surface area contributed by atoms with Crippen molar-refractivity contribution in [2.75, 3.05) is 0 Å². The lowest BCUT2D eigenvalue weighted by Crippen LogP contribution is -2.23. The molecule has 0 bridgehead atoms. The van der Waals surface area contributed by atoms with Gasteiger partial charge in [-0.15, -0.1) is 0 Å². The highest BCUT2D eigenvalue weighted by Crippen LogP contribution is 2.30. The smallest absolute Gasteiger partial charge is 0.438 e. The van der Waals surface area contributed by atoms with E-state index in [0.29, 0.717) is 0 Å². The number of rotatable bonds is 3. The number of nitrogens with zero attached hydrogens (tertiary/aromatic N) is 1. The quantitative estimate of drug-likeness (QED) is 0.770. The van der Waals surface area contributed by atoms with Crippen LogP contribution in [0.25, 0.3) is 11.0 Å². The minimum atomic E-state index is -0.657. The van der Waals surface area contributed by atoms with Crippen LogP contribution in [0.1, 0.15) is 33.1 Å². The molecule has 2 aromatic heterocycles. The monoisotopic (exact) mass is 301 g/mol. The average Bonchev–Trinajstić information content (AvgIpc) is 3.05. The summed E-state index contributed by atoms with van der Waals surface area (Å²) in [6.45, 7) is 5.82. The van der Waals surface area contributed by atoms with Gasteiger partial charge in [0.1, 0.15) is 5.58 Å². The summed E-state index contributed by atoms with van der Waals surface area (Å²) in [6.07, 6.45) is 0. The van der Waals surface area contributed by atoms with Gasteiger partial charge < -0.3 is 9.73 Å². The molecule has 0 aliphatic heterocycles. The van der Waals surface area contributed by atoms with Crippen LogP contribution in [0.5, 0.6) is 0 Å². The van der Waals surface area contributed by atoms with Crippen molar-refractivity contribution < 1.29 is 13.7 Å². The number of hydrogen-bond acceptors (Lipinski definition) is 5. The number of H-pyrrole nitrogens is 1. The third-order valence-electron chi connectivity index (χ3n) is 3.59. The number of aromatic amines is 1. The second kappa shape index (κ2) is 5.18. The van der Waals surface area contributed by atoms with Crippen LogP contribution in [0.2, 0.25) is 0 Å². The summed E-state index contributed by atoms with van der Waals surface area (Å²) in [7, 11) is 0. The van der Waals surface area contributed by atoms with Crippen LogP contribution in [0.4, 0.5) is 0 Å². The van der Waals surface area contributed by atoms with Gasteiger partial charge >= 0.3 is 5.76 Å². The predicted octanol–water partition coefficient (Wildman–Crippen LogP) is 1.96. The van der Waals surface area contributed by atoms with Crippen LogP contribution >= 0.6 is 0 Å². The summed E-state index contributed by atoms with van der Waals surface area (Å²) < 4.78 is 10.1. The summed E-state index contributed by atoms with van der Waals surface area (Å²) in [5, 5.41) is 7.09. The Morgan fingerprint density at radius 2 is 2.00 bits per heavy atom. The highest BCUT2D eigenvalue weighted by molar-refractivity contribution is 6.00. The summed E-state index contributed by atoms with van der Waals surface area (Å²) >= 11 is 0. The first-order valence-electron chi connectivity index (χ1n) is 6.79. The summed E-state index contributed by atoms with van der Waals surface area (Å²) in [5.74, 6) is -0.510. The Morgan fingerprint density at radius 3 is 2.64 bits per heavy atom. The number of aromatic nitrogens is 2. The standard InChI is InChI=1S/C15H15N3O4/c1-7-4-5-8(2)12-11(7)9(3)13(21-12)14(19)16-6-10-17-15(20)22-18-10/h4-5H,6H2,1-3H3,(H,16,19)(H,17,18,20). The maximum absolute atomic E-state index is 12.3. The second-order valence-corrected chi connectivity index (χ2v) is 5.18. The van der Waals surface area contributed by atoms with Crippen molar-refractivity contribution in [2.45, 2.75) is 27.3 Å². The molecular weight excluding hydrogens is 286 g/mol. The Bertz CT molecular complexity index is 917. The SMILES string of the molecule is Cc1ccc(C)c2c(C)c(C(=O)NCc3noc(=O)[nH]3)oc12. The maximum Gasteiger partial charge on any atom is 0.438 e. The summed E-state index contributed by atoms with van der Waals surface area (Å²) in [6, 6.07) is 3.96. The molecule has 0 fully saturated rings. The van der Waals surface area contributed by atoms with E-state index in [4.69, 9.17) is 4.42 Å². The lowest BCUT2D eigenvalue weighted by Gasteiger charge is -2.00. The number of nitrogens with one attached hydrogen (secondary N) is 2. The van der Waals surface area contributed by atoms with Crippen molar-refractivity contribution >= 4 is 16.9 Å². The maximum atomic E-state index is 12.3. The molecule has 1 aromatic carbocycles. The molecule has 3 aromatic rings. The van der Waals surface area contributed by atoms with E-state index in [1.54, 1.807) is 0 Å². The van der Waals surface area contributed by atoms with Gasteiger partial charge in [-0.2, -0.15) is 0 Å². The van der Waals surface area contributed by atoms with Gasteiger partial charge in [-0.3, -0.25) is 14.3 Å². The molecule has 1 amide bonds. The molecule has 22 heavy (non-hydrogen) atoms. The Labute approximate surface area is 125 Å². The molecule has 0 unspecified atom stereocenters. The largest absolute Gasteiger partial charge is 0.450 e. The van der Waals surface area contributed by atoms with E-state index in [0.717, 1.165) is 27.7 Å². The zero-order valence-electron chi connectivity index (χ0n) is 12.4. The fraction of sp³-hybridized carbons (Fsp3) is 0.267. The molecule has 7 heteroatoms. The first-order valence-corrected chi connectivity index (χ1v) is 6.79. The first kappa shape index (κ1) is 14.1. The van der Waals surface area contributed by atoms with Gasteiger partial charge in [0.05, 0.1) is 6.54 Å². The fourth-order valence-corrected chi connectivity index (χ4v) is 2.47. The molecule has 0 saturated carbocycles. The van der Waals surface area contributed by atoms with E-state index in [9.17, 15) is 9.59 Å². The van der Waals surface area contributed by atoms with Crippen LogP contribution in [-0.2, 0) is 6.54 Å². The molecular formula is C15H15N3O4. The number of carbonyl (C=O) groups excluding carboxylic acids is 1. The van der Waals surface area contributed by atoms with Gasteiger partial charge in [0.15, 0.2) is 11.6 Å². The van der Waals surface area contributed by atoms with Crippen molar-refractivity contribution in [3.63, 3.8) is 0 Å². The first-order chi connectivity index (χ1) is 10.5. The number of hydrogen-bond donors (Lipinski definition) is 2. The van der Waals surface area contributed by atoms with E-state index < -0.39 is 5.76 Å². The van der Waals surface area contributed by atoms with Crippen molar-refractivity contribution in [1.82, 2.24) is 15.5 Å². The summed E-state index contributed by atoms with van der Waals surface area (Å²) in [5.41, 5.74) is 3.55. The van der Waals surface area contributed by atoms with Gasteiger partial charge in [0.25, 0.3) is 5.91 Å². The van der Waals surface area contributed by atoms with Gasteiger partial charge in [-0.05, 0) is 31.9 Å². The number of amides is 1. The minimum absolute atomic E-state index is 0.0546. The lowest BCUT2D eigenvalue weighted by molar-refractivity contribution is 0.0923. The zero-order valence-corrected chi connectivity index (χ0v) is 12.4. The molecule has 7 nitrogen and oxygen atoms in total. The van der Waals surface area contributed by atoms with E-state index >= 15 is 0 Å². The number of fused-ring (bicyclic) bond motifs is 1.